The molecule has 30 heavy (non-hydrogen) atoms. The highest BCUT2D eigenvalue weighted by Gasteiger charge is 2.26. The molecular weight excluding hydrogens is 410 g/mol. The lowest BCUT2D eigenvalue weighted by Gasteiger charge is -2.14. The smallest absolute Gasteiger partial charge is 0.289 e. The number of ether oxygens (including phenoxy) is 1. The molecule has 0 spiro atoms. The van der Waals surface area contributed by atoms with Crippen LogP contribution in [0.4, 0.5) is 17.1 Å². The highest BCUT2D eigenvalue weighted by Crippen LogP contribution is 2.28. The molecule has 0 aliphatic carbocycles. The summed E-state index contributed by atoms with van der Waals surface area (Å²) in [7, 11) is -2.87. The van der Waals surface area contributed by atoms with Crippen LogP contribution >= 0.6 is 0 Å². The Morgan fingerprint density at radius 2 is 1.53 bits per heavy atom. The van der Waals surface area contributed by atoms with Crippen molar-refractivity contribution in [2.24, 2.45) is 0 Å². The summed E-state index contributed by atoms with van der Waals surface area (Å²) in [5.74, 6) is -0.149. The number of benzene rings is 3. The van der Waals surface area contributed by atoms with Crippen molar-refractivity contribution in [3.63, 3.8) is 0 Å². The fourth-order valence-electron chi connectivity index (χ4n) is 2.74. The number of nitro benzene ring substituents is 1. The van der Waals surface area contributed by atoms with E-state index in [0.717, 1.165) is 12.1 Å². The number of para-hydroxylation sites is 4. The molecule has 0 bridgehead atoms. The number of nitrogens with one attached hydrogen (secondary N) is 2. The van der Waals surface area contributed by atoms with Gasteiger partial charge >= 0.3 is 0 Å². The maximum absolute atomic E-state index is 12.8. The summed E-state index contributed by atoms with van der Waals surface area (Å²) in [5, 5.41) is 13.9. The zero-order valence-corrected chi connectivity index (χ0v) is 16.5. The van der Waals surface area contributed by atoms with Gasteiger partial charge in [0.25, 0.3) is 21.6 Å². The van der Waals surface area contributed by atoms with Crippen molar-refractivity contribution in [2.45, 2.75) is 4.90 Å². The minimum atomic E-state index is -4.33. The molecule has 154 valence electrons. The van der Waals surface area contributed by atoms with Crippen molar-refractivity contribution in [1.82, 2.24) is 0 Å². The number of anilines is 2. The summed E-state index contributed by atoms with van der Waals surface area (Å²) < 4.78 is 33.1. The highest BCUT2D eigenvalue weighted by molar-refractivity contribution is 7.92. The molecule has 3 aromatic carbocycles. The van der Waals surface area contributed by atoms with E-state index in [1.54, 1.807) is 30.3 Å². The van der Waals surface area contributed by atoms with Crippen molar-refractivity contribution in [1.29, 1.82) is 0 Å². The van der Waals surface area contributed by atoms with Crippen LogP contribution in [0.5, 0.6) is 5.75 Å². The Balaban J connectivity index is 1.94. The number of hydrogen-bond donors (Lipinski definition) is 2. The molecule has 0 fully saturated rings. The Bertz CT molecular complexity index is 1210. The van der Waals surface area contributed by atoms with Crippen molar-refractivity contribution < 1.29 is 22.9 Å². The number of nitro groups is 1. The SMILES string of the molecule is COc1ccccc1NC(=O)c1ccccc1NS(=O)(=O)c1ccccc1[N+](=O)[O-]. The van der Waals surface area contributed by atoms with E-state index in [-0.39, 0.29) is 11.3 Å². The number of rotatable bonds is 7. The van der Waals surface area contributed by atoms with Gasteiger partial charge in [-0.25, -0.2) is 8.42 Å². The Kier molecular flexibility index (Phi) is 5.98. The summed E-state index contributed by atoms with van der Waals surface area (Å²) in [4.78, 5) is 22.7. The quantitative estimate of drug-likeness (QED) is 0.437. The van der Waals surface area contributed by atoms with Gasteiger partial charge in [-0.3, -0.25) is 19.6 Å². The van der Waals surface area contributed by atoms with Gasteiger partial charge in [0.05, 0.1) is 29.0 Å². The largest absolute Gasteiger partial charge is 0.495 e. The molecule has 0 radical (unpaired) electrons. The topological polar surface area (TPSA) is 128 Å². The summed E-state index contributed by atoms with van der Waals surface area (Å²) in [5.41, 5.74) is -0.157. The first-order valence-corrected chi connectivity index (χ1v) is 10.1. The second-order valence-corrected chi connectivity index (χ2v) is 7.68. The van der Waals surface area contributed by atoms with E-state index >= 15 is 0 Å². The minimum Gasteiger partial charge on any atom is -0.495 e. The van der Waals surface area contributed by atoms with Crippen molar-refractivity contribution >= 4 is 33.0 Å². The fraction of sp³-hybridized carbons (Fsp3) is 0.0500. The van der Waals surface area contributed by atoms with Crippen molar-refractivity contribution in [3.8, 4) is 5.75 Å². The molecule has 0 unspecified atom stereocenters. The Hall–Kier alpha value is -3.92. The predicted molar refractivity (Wildman–Crippen MR) is 111 cm³/mol. The van der Waals surface area contributed by atoms with Crippen LogP contribution in [0.3, 0.4) is 0 Å². The Morgan fingerprint density at radius 1 is 0.933 bits per heavy atom. The first-order valence-electron chi connectivity index (χ1n) is 8.63. The van der Waals surface area contributed by atoms with Gasteiger partial charge in [0.15, 0.2) is 4.90 Å². The molecule has 0 atom stereocenters. The van der Waals surface area contributed by atoms with E-state index in [2.05, 4.69) is 10.0 Å². The molecule has 3 aromatic rings. The Labute approximate surface area is 172 Å². The van der Waals surface area contributed by atoms with Crippen LogP contribution in [0.25, 0.3) is 0 Å². The molecule has 0 heterocycles. The lowest BCUT2D eigenvalue weighted by molar-refractivity contribution is -0.387. The summed E-state index contributed by atoms with van der Waals surface area (Å²) >= 11 is 0. The van der Waals surface area contributed by atoms with Gasteiger partial charge in [0, 0.05) is 6.07 Å². The van der Waals surface area contributed by atoms with E-state index < -0.39 is 31.4 Å². The molecule has 9 nitrogen and oxygen atoms in total. The zero-order valence-electron chi connectivity index (χ0n) is 15.7. The molecule has 2 N–H and O–H groups in total. The molecule has 10 heteroatoms. The average molecular weight is 427 g/mol. The van der Waals surface area contributed by atoms with Crippen molar-refractivity contribution in [2.75, 3.05) is 17.1 Å². The van der Waals surface area contributed by atoms with Crippen LogP contribution in [-0.2, 0) is 10.0 Å². The van der Waals surface area contributed by atoms with Crippen molar-refractivity contribution in [3.05, 3.63) is 88.5 Å². The maximum atomic E-state index is 12.8. The van der Waals surface area contributed by atoms with E-state index in [9.17, 15) is 23.3 Å². The third-order valence-electron chi connectivity index (χ3n) is 4.12. The Morgan fingerprint density at radius 3 is 2.23 bits per heavy atom. The van der Waals surface area contributed by atoms with Gasteiger partial charge in [0.1, 0.15) is 5.75 Å². The van der Waals surface area contributed by atoms with Gasteiger partial charge in [-0.1, -0.05) is 36.4 Å². The molecular formula is C20H17N3O6S. The average Bonchev–Trinajstić information content (AvgIpc) is 2.74. The molecule has 0 aliphatic heterocycles. The molecule has 0 aromatic heterocycles. The van der Waals surface area contributed by atoms with Crippen LogP contribution in [0.15, 0.2) is 77.7 Å². The number of carbonyl (C=O) groups excluding carboxylic acids is 1. The van der Waals surface area contributed by atoms with Gasteiger partial charge < -0.3 is 10.1 Å². The van der Waals surface area contributed by atoms with E-state index in [1.807, 2.05) is 0 Å². The number of methoxy groups -OCH3 is 1. The number of sulfonamides is 1. The van der Waals surface area contributed by atoms with Crippen LogP contribution in [0.2, 0.25) is 0 Å². The second kappa shape index (κ2) is 8.62. The third-order valence-corrected chi connectivity index (χ3v) is 5.54. The van der Waals surface area contributed by atoms with Gasteiger partial charge in [-0.05, 0) is 30.3 Å². The number of hydrogen-bond acceptors (Lipinski definition) is 6. The minimum absolute atomic E-state index is 0.0250. The molecule has 1 amide bonds. The maximum Gasteiger partial charge on any atom is 0.289 e. The standard InChI is InChI=1S/C20H17N3O6S/c1-29-18-12-6-4-10-16(18)21-20(24)14-8-2-3-9-15(14)22-30(27,28)19-13-7-5-11-17(19)23(25)26/h2-13,22H,1H3,(H,21,24). The van der Waals surface area contributed by atoms with Gasteiger partial charge in [-0.2, -0.15) is 0 Å². The second-order valence-electron chi connectivity index (χ2n) is 6.03. The molecule has 3 rings (SSSR count). The van der Waals surface area contributed by atoms with E-state index in [0.29, 0.717) is 11.4 Å². The van der Waals surface area contributed by atoms with Gasteiger partial charge in [0.2, 0.25) is 0 Å². The zero-order chi connectivity index (χ0) is 21.7. The summed E-state index contributed by atoms with van der Waals surface area (Å²) in [6, 6.07) is 17.6. The first kappa shape index (κ1) is 20.8. The normalized spacial score (nSPS) is 10.8. The molecule has 0 saturated carbocycles. The third kappa shape index (κ3) is 4.39. The first-order chi connectivity index (χ1) is 14.3. The number of amides is 1. The summed E-state index contributed by atoms with van der Waals surface area (Å²) in [6.45, 7) is 0. The summed E-state index contributed by atoms with van der Waals surface area (Å²) in [6.07, 6.45) is 0. The van der Waals surface area contributed by atoms with Crippen LogP contribution < -0.4 is 14.8 Å². The van der Waals surface area contributed by atoms with Gasteiger partial charge in [-0.15, -0.1) is 0 Å². The van der Waals surface area contributed by atoms with Crippen LogP contribution in [0.1, 0.15) is 10.4 Å². The number of carbonyl (C=O) groups is 1. The van der Waals surface area contributed by atoms with E-state index in [1.165, 1.54) is 37.4 Å². The predicted octanol–water partition coefficient (Wildman–Crippen LogP) is 3.66. The van der Waals surface area contributed by atoms with E-state index in [4.69, 9.17) is 4.74 Å². The highest BCUT2D eigenvalue weighted by atomic mass is 32.2. The lowest BCUT2D eigenvalue weighted by atomic mass is 10.1. The molecule has 0 saturated heterocycles. The van der Waals surface area contributed by atoms with Crippen LogP contribution in [-0.4, -0.2) is 26.4 Å². The monoisotopic (exact) mass is 427 g/mol. The van der Waals surface area contributed by atoms with Crippen LogP contribution in [0, 0.1) is 10.1 Å². The fourth-order valence-corrected chi connectivity index (χ4v) is 4.00. The molecule has 0 aliphatic rings. The number of nitrogens with zero attached hydrogens (tertiary/aromatic N) is 1. The lowest BCUT2D eigenvalue weighted by Crippen LogP contribution is -2.19.